The third-order valence-electron chi connectivity index (χ3n) is 3.39. The Kier molecular flexibility index (Phi) is 4.06. The number of rotatable bonds is 4. The Bertz CT molecular complexity index is 612. The molecular weight excluding hydrogens is 270 g/mol. The number of fused-ring (bicyclic) bond motifs is 1. The van der Waals surface area contributed by atoms with Crippen LogP contribution < -0.4 is 14.8 Å². The molecule has 1 aromatic heterocycles. The molecule has 0 fully saturated rings. The van der Waals surface area contributed by atoms with Crippen molar-refractivity contribution in [2.45, 2.75) is 19.3 Å². The van der Waals surface area contributed by atoms with Crippen LogP contribution >= 0.6 is 0 Å². The maximum atomic E-state index is 5.79. The summed E-state index contributed by atoms with van der Waals surface area (Å²) in [5.74, 6) is 2.76. The van der Waals surface area contributed by atoms with Gasteiger partial charge >= 0.3 is 0 Å². The lowest BCUT2D eigenvalue weighted by Crippen LogP contribution is -2.15. The number of ether oxygens (including phenoxy) is 2. The van der Waals surface area contributed by atoms with Gasteiger partial charge in [0.05, 0.1) is 18.8 Å². The third kappa shape index (κ3) is 2.85. The van der Waals surface area contributed by atoms with Gasteiger partial charge in [-0.2, -0.15) is 4.98 Å². The van der Waals surface area contributed by atoms with Crippen LogP contribution in [0.5, 0.6) is 11.5 Å². The average Bonchev–Trinajstić information content (AvgIpc) is 2.85. The predicted octanol–water partition coefficient (Wildman–Crippen LogP) is 2.22. The smallest absolute Gasteiger partial charge is 0.261 e. The molecule has 0 radical (unpaired) electrons. The first kappa shape index (κ1) is 13.9. The van der Waals surface area contributed by atoms with Gasteiger partial charge in [-0.3, -0.25) is 0 Å². The highest BCUT2D eigenvalue weighted by Gasteiger charge is 2.21. The van der Waals surface area contributed by atoms with Crippen LogP contribution in [0.4, 0.5) is 0 Å². The molecule has 2 heterocycles. The molecule has 21 heavy (non-hydrogen) atoms. The molecule has 0 amide bonds. The number of para-hydroxylation sites is 1. The van der Waals surface area contributed by atoms with E-state index in [1.54, 1.807) is 0 Å². The summed E-state index contributed by atoms with van der Waals surface area (Å²) in [7, 11) is 1.90. The second kappa shape index (κ2) is 6.13. The van der Waals surface area contributed by atoms with Crippen LogP contribution in [-0.4, -0.2) is 36.9 Å². The summed E-state index contributed by atoms with van der Waals surface area (Å²) >= 11 is 0. The van der Waals surface area contributed by atoms with Gasteiger partial charge in [-0.05, 0) is 19.2 Å². The SMILES string of the molecule is CNCC(C)c1noc(-c2cccc3c2OCCCO3)n1. The molecule has 1 N–H and O–H groups in total. The highest BCUT2D eigenvalue weighted by atomic mass is 16.5. The van der Waals surface area contributed by atoms with Crippen LogP contribution in [0.15, 0.2) is 22.7 Å². The van der Waals surface area contributed by atoms with Crippen LogP contribution in [0.25, 0.3) is 11.5 Å². The van der Waals surface area contributed by atoms with Crippen molar-refractivity contribution < 1.29 is 14.0 Å². The van der Waals surface area contributed by atoms with Crippen LogP contribution in [0, 0.1) is 0 Å². The summed E-state index contributed by atoms with van der Waals surface area (Å²) in [6.45, 7) is 4.13. The van der Waals surface area contributed by atoms with Crippen LogP contribution in [0.2, 0.25) is 0 Å². The Morgan fingerprint density at radius 2 is 2.14 bits per heavy atom. The summed E-state index contributed by atoms with van der Waals surface area (Å²) in [5, 5.41) is 7.17. The summed E-state index contributed by atoms with van der Waals surface area (Å²) in [5.41, 5.74) is 0.782. The fraction of sp³-hybridized carbons (Fsp3) is 0.467. The van der Waals surface area contributed by atoms with Gasteiger partial charge in [-0.25, -0.2) is 0 Å². The molecule has 6 nitrogen and oxygen atoms in total. The lowest BCUT2D eigenvalue weighted by Gasteiger charge is -2.09. The number of nitrogens with zero attached hydrogens (tertiary/aromatic N) is 2. The van der Waals surface area contributed by atoms with E-state index in [1.165, 1.54) is 0 Å². The van der Waals surface area contributed by atoms with Crippen molar-refractivity contribution in [2.75, 3.05) is 26.8 Å². The molecule has 112 valence electrons. The first-order chi connectivity index (χ1) is 10.3. The normalized spacial score (nSPS) is 15.5. The topological polar surface area (TPSA) is 69.4 Å². The van der Waals surface area contributed by atoms with E-state index in [0.717, 1.165) is 24.3 Å². The Morgan fingerprint density at radius 3 is 3.00 bits per heavy atom. The molecule has 1 aliphatic heterocycles. The van der Waals surface area contributed by atoms with Crippen LogP contribution in [0.3, 0.4) is 0 Å². The highest BCUT2D eigenvalue weighted by Crippen LogP contribution is 2.38. The zero-order valence-electron chi connectivity index (χ0n) is 12.3. The van der Waals surface area contributed by atoms with Gasteiger partial charge < -0.3 is 19.3 Å². The van der Waals surface area contributed by atoms with Crippen LogP contribution in [-0.2, 0) is 0 Å². The average molecular weight is 289 g/mol. The fourth-order valence-corrected chi connectivity index (χ4v) is 2.30. The van der Waals surface area contributed by atoms with E-state index in [1.807, 2.05) is 25.2 Å². The Hall–Kier alpha value is -2.08. The van der Waals surface area contributed by atoms with Crippen molar-refractivity contribution in [3.63, 3.8) is 0 Å². The summed E-state index contributed by atoms with van der Waals surface area (Å²) in [6, 6.07) is 5.71. The molecule has 1 atom stereocenters. The van der Waals surface area contributed by atoms with Crippen molar-refractivity contribution in [3.8, 4) is 23.0 Å². The van der Waals surface area contributed by atoms with Crippen molar-refractivity contribution in [2.24, 2.45) is 0 Å². The molecule has 1 aliphatic rings. The molecule has 1 aromatic carbocycles. The van der Waals surface area contributed by atoms with E-state index in [9.17, 15) is 0 Å². The molecule has 0 aliphatic carbocycles. The first-order valence-corrected chi connectivity index (χ1v) is 7.16. The van der Waals surface area contributed by atoms with Gasteiger partial charge in [0.15, 0.2) is 17.3 Å². The van der Waals surface area contributed by atoms with Crippen molar-refractivity contribution in [3.05, 3.63) is 24.0 Å². The highest BCUT2D eigenvalue weighted by molar-refractivity contribution is 5.67. The van der Waals surface area contributed by atoms with E-state index in [0.29, 0.717) is 30.7 Å². The first-order valence-electron chi connectivity index (χ1n) is 7.16. The fourth-order valence-electron chi connectivity index (χ4n) is 2.30. The molecule has 1 unspecified atom stereocenters. The third-order valence-corrected chi connectivity index (χ3v) is 3.39. The maximum Gasteiger partial charge on any atom is 0.261 e. The maximum absolute atomic E-state index is 5.79. The van der Waals surface area contributed by atoms with Gasteiger partial charge in [0.2, 0.25) is 0 Å². The van der Waals surface area contributed by atoms with E-state index < -0.39 is 0 Å². The zero-order chi connectivity index (χ0) is 14.7. The predicted molar refractivity (Wildman–Crippen MR) is 77.7 cm³/mol. The zero-order valence-corrected chi connectivity index (χ0v) is 12.3. The number of hydrogen-bond donors (Lipinski definition) is 1. The minimum absolute atomic E-state index is 0.187. The van der Waals surface area contributed by atoms with E-state index in [-0.39, 0.29) is 5.92 Å². The largest absolute Gasteiger partial charge is 0.490 e. The Morgan fingerprint density at radius 1 is 1.29 bits per heavy atom. The number of benzene rings is 1. The lowest BCUT2D eigenvalue weighted by atomic mass is 10.1. The number of hydrogen-bond acceptors (Lipinski definition) is 6. The molecule has 6 heteroatoms. The van der Waals surface area contributed by atoms with Crippen molar-refractivity contribution in [1.82, 2.24) is 15.5 Å². The second-order valence-electron chi connectivity index (χ2n) is 5.10. The van der Waals surface area contributed by atoms with Crippen LogP contribution in [0.1, 0.15) is 25.1 Å². The number of nitrogens with one attached hydrogen (secondary N) is 1. The summed E-state index contributed by atoms with van der Waals surface area (Å²) in [6.07, 6.45) is 0.863. The molecule has 3 rings (SSSR count). The van der Waals surface area contributed by atoms with E-state index in [4.69, 9.17) is 14.0 Å². The molecule has 0 spiro atoms. The molecular formula is C15H19N3O3. The van der Waals surface area contributed by atoms with E-state index >= 15 is 0 Å². The Labute approximate surface area is 123 Å². The monoisotopic (exact) mass is 289 g/mol. The summed E-state index contributed by atoms with van der Waals surface area (Å²) in [4.78, 5) is 4.48. The second-order valence-corrected chi connectivity index (χ2v) is 5.10. The van der Waals surface area contributed by atoms with Gasteiger partial charge in [-0.15, -0.1) is 0 Å². The standard InChI is InChI=1S/C15H19N3O3/c1-10(9-16-2)14-17-15(21-18-14)11-5-3-6-12-13(11)20-8-4-7-19-12/h3,5-6,10,16H,4,7-9H2,1-2H3. The van der Waals surface area contributed by atoms with E-state index in [2.05, 4.69) is 22.4 Å². The van der Waals surface area contributed by atoms with Gasteiger partial charge in [0.1, 0.15) is 0 Å². The van der Waals surface area contributed by atoms with Gasteiger partial charge in [0, 0.05) is 18.9 Å². The molecule has 0 bridgehead atoms. The van der Waals surface area contributed by atoms with Crippen molar-refractivity contribution in [1.29, 1.82) is 0 Å². The molecule has 2 aromatic rings. The minimum Gasteiger partial charge on any atom is -0.490 e. The van der Waals surface area contributed by atoms with Gasteiger partial charge in [0.25, 0.3) is 5.89 Å². The Balaban J connectivity index is 1.94. The quantitative estimate of drug-likeness (QED) is 0.930. The van der Waals surface area contributed by atoms with Gasteiger partial charge in [-0.1, -0.05) is 18.1 Å². The minimum atomic E-state index is 0.187. The van der Waals surface area contributed by atoms with Crippen molar-refractivity contribution >= 4 is 0 Å². The number of aromatic nitrogens is 2. The lowest BCUT2D eigenvalue weighted by molar-refractivity contribution is 0.297. The number of likely N-dealkylation sites (N-methyl/N-ethyl adjacent to an activating group) is 1. The molecule has 0 saturated heterocycles. The summed E-state index contributed by atoms with van der Waals surface area (Å²) < 4.78 is 16.9. The molecule has 0 saturated carbocycles.